The molecule has 3 aliphatic heterocycles. The van der Waals surface area contributed by atoms with Gasteiger partial charge in [-0.05, 0) is 24.6 Å². The molecule has 2 fully saturated rings. The van der Waals surface area contributed by atoms with Gasteiger partial charge in [-0.2, -0.15) is 5.10 Å². The van der Waals surface area contributed by atoms with Gasteiger partial charge in [-0.1, -0.05) is 0 Å². The number of hydrogen-bond donors (Lipinski definition) is 1. The number of fused-ring (bicyclic) bond motifs is 1. The van der Waals surface area contributed by atoms with Gasteiger partial charge in [0.2, 0.25) is 6.79 Å². The standard InChI is InChI=1S/C19H24N4O4S/c24-28(25)8-3-16(12-28)23-6-4-22(5-7-23)11-15-10-20-21-19(15)14-1-2-17-18(9-14)27-13-26-17/h1-2,9-10,16H,3-8,11-13H2,(H,20,21)/t16-/m0/s1. The van der Waals surface area contributed by atoms with E-state index in [0.29, 0.717) is 11.5 Å². The molecule has 0 unspecified atom stereocenters. The van der Waals surface area contributed by atoms with Gasteiger partial charge in [-0.15, -0.1) is 0 Å². The van der Waals surface area contributed by atoms with Crippen molar-refractivity contribution in [1.82, 2.24) is 20.0 Å². The molecule has 2 aromatic rings. The van der Waals surface area contributed by atoms with E-state index in [4.69, 9.17) is 9.47 Å². The first kappa shape index (κ1) is 18.0. The number of H-pyrrole nitrogens is 1. The first-order chi connectivity index (χ1) is 13.6. The Bertz CT molecular complexity index is 966. The number of aromatic nitrogens is 2. The first-order valence-corrected chi connectivity index (χ1v) is 11.5. The van der Waals surface area contributed by atoms with Crippen molar-refractivity contribution in [1.29, 1.82) is 0 Å². The van der Waals surface area contributed by atoms with E-state index in [1.54, 1.807) is 0 Å². The van der Waals surface area contributed by atoms with Crippen LogP contribution in [0.15, 0.2) is 24.4 Å². The monoisotopic (exact) mass is 404 g/mol. The normalized spacial score (nSPS) is 24.6. The van der Waals surface area contributed by atoms with Crippen LogP contribution >= 0.6 is 0 Å². The lowest BCUT2D eigenvalue weighted by atomic mass is 10.1. The zero-order valence-electron chi connectivity index (χ0n) is 15.6. The molecule has 3 aliphatic rings. The highest BCUT2D eigenvalue weighted by atomic mass is 32.2. The third-order valence-corrected chi connectivity index (χ3v) is 7.66. The number of piperazine rings is 1. The summed E-state index contributed by atoms with van der Waals surface area (Å²) in [4.78, 5) is 4.75. The van der Waals surface area contributed by atoms with E-state index in [1.165, 1.54) is 0 Å². The molecule has 5 rings (SSSR count). The maximum atomic E-state index is 11.7. The molecule has 1 aromatic carbocycles. The van der Waals surface area contributed by atoms with Crippen molar-refractivity contribution in [3.05, 3.63) is 30.0 Å². The number of ether oxygens (including phenoxy) is 2. The molecule has 9 heteroatoms. The van der Waals surface area contributed by atoms with Crippen molar-refractivity contribution < 1.29 is 17.9 Å². The topological polar surface area (TPSA) is 87.8 Å². The molecule has 1 atom stereocenters. The Labute approximate surface area is 164 Å². The predicted octanol–water partition coefficient (Wildman–Crippen LogP) is 1.11. The summed E-state index contributed by atoms with van der Waals surface area (Å²) in [5, 5.41) is 7.37. The second kappa shape index (κ2) is 7.06. The van der Waals surface area contributed by atoms with Gasteiger partial charge >= 0.3 is 0 Å². The average Bonchev–Trinajstić information content (AvgIpc) is 3.41. The predicted molar refractivity (Wildman–Crippen MR) is 104 cm³/mol. The molecule has 0 spiro atoms. The van der Waals surface area contributed by atoms with Crippen LogP contribution in [0.5, 0.6) is 11.5 Å². The number of rotatable bonds is 4. The maximum absolute atomic E-state index is 11.7. The third kappa shape index (κ3) is 3.49. The fourth-order valence-electron chi connectivity index (χ4n) is 4.32. The lowest BCUT2D eigenvalue weighted by Gasteiger charge is -2.37. The summed E-state index contributed by atoms with van der Waals surface area (Å²) in [5.41, 5.74) is 3.19. The summed E-state index contributed by atoms with van der Waals surface area (Å²) in [6.07, 6.45) is 2.66. The lowest BCUT2D eigenvalue weighted by Crippen LogP contribution is -2.50. The molecular formula is C19H24N4O4S. The van der Waals surface area contributed by atoms with Crippen molar-refractivity contribution in [2.75, 3.05) is 44.5 Å². The number of nitrogens with one attached hydrogen (secondary N) is 1. The molecule has 28 heavy (non-hydrogen) atoms. The number of hydrogen-bond acceptors (Lipinski definition) is 7. The van der Waals surface area contributed by atoms with Crippen LogP contribution in [0.25, 0.3) is 11.3 Å². The fraction of sp³-hybridized carbons (Fsp3) is 0.526. The summed E-state index contributed by atoms with van der Waals surface area (Å²) in [6.45, 7) is 4.78. The fourth-order valence-corrected chi connectivity index (χ4v) is 6.09. The second-order valence-electron chi connectivity index (χ2n) is 7.71. The van der Waals surface area contributed by atoms with E-state index in [1.807, 2.05) is 24.4 Å². The van der Waals surface area contributed by atoms with Crippen LogP contribution in [0.1, 0.15) is 12.0 Å². The van der Waals surface area contributed by atoms with Crippen molar-refractivity contribution in [2.45, 2.75) is 19.0 Å². The minimum absolute atomic E-state index is 0.199. The highest BCUT2D eigenvalue weighted by Crippen LogP contribution is 2.36. The van der Waals surface area contributed by atoms with Crippen LogP contribution in [-0.2, 0) is 16.4 Å². The van der Waals surface area contributed by atoms with Crippen molar-refractivity contribution in [3.63, 3.8) is 0 Å². The van der Waals surface area contributed by atoms with Crippen molar-refractivity contribution >= 4 is 9.84 Å². The Hall–Kier alpha value is -2.10. The number of sulfone groups is 1. The molecule has 0 aliphatic carbocycles. The van der Waals surface area contributed by atoms with Gasteiger partial charge in [0, 0.05) is 49.9 Å². The maximum Gasteiger partial charge on any atom is 0.231 e. The third-order valence-electron chi connectivity index (χ3n) is 5.90. The molecule has 1 aromatic heterocycles. The van der Waals surface area contributed by atoms with Crippen LogP contribution in [-0.4, -0.2) is 78.9 Å². The van der Waals surface area contributed by atoms with Crippen LogP contribution < -0.4 is 9.47 Å². The Morgan fingerprint density at radius 2 is 1.96 bits per heavy atom. The Morgan fingerprint density at radius 1 is 1.14 bits per heavy atom. The van der Waals surface area contributed by atoms with Gasteiger partial charge in [-0.3, -0.25) is 14.9 Å². The molecular weight excluding hydrogens is 380 g/mol. The van der Waals surface area contributed by atoms with Gasteiger partial charge in [0.1, 0.15) is 0 Å². The van der Waals surface area contributed by atoms with E-state index in [-0.39, 0.29) is 12.8 Å². The molecule has 0 saturated carbocycles. The minimum atomic E-state index is -2.83. The molecule has 150 valence electrons. The molecule has 1 N–H and O–H groups in total. The van der Waals surface area contributed by atoms with Gasteiger partial charge in [0.15, 0.2) is 21.3 Å². The van der Waals surface area contributed by atoms with Crippen LogP contribution in [0.2, 0.25) is 0 Å². The van der Waals surface area contributed by atoms with E-state index < -0.39 is 9.84 Å². The number of nitrogens with zero attached hydrogens (tertiary/aromatic N) is 3. The second-order valence-corrected chi connectivity index (χ2v) is 9.94. The SMILES string of the molecule is O=S1(=O)CC[C@H](N2CCN(Cc3cn[nH]c3-c3ccc4c(c3)OCO4)CC2)C1. The largest absolute Gasteiger partial charge is 0.454 e. The Morgan fingerprint density at radius 3 is 2.75 bits per heavy atom. The van der Waals surface area contributed by atoms with E-state index in [9.17, 15) is 8.42 Å². The summed E-state index contributed by atoms with van der Waals surface area (Å²) in [6, 6.07) is 6.13. The molecule has 0 bridgehead atoms. The van der Waals surface area contributed by atoms with E-state index >= 15 is 0 Å². The molecule has 0 amide bonds. The summed E-state index contributed by atoms with van der Waals surface area (Å²) < 4.78 is 34.4. The highest BCUT2D eigenvalue weighted by molar-refractivity contribution is 7.91. The molecule has 8 nitrogen and oxygen atoms in total. The molecule has 0 radical (unpaired) electrons. The van der Waals surface area contributed by atoms with Crippen LogP contribution in [0.4, 0.5) is 0 Å². The number of aromatic amines is 1. The van der Waals surface area contributed by atoms with E-state index in [2.05, 4.69) is 20.0 Å². The summed E-state index contributed by atoms with van der Waals surface area (Å²) in [5.74, 6) is 2.20. The van der Waals surface area contributed by atoms with Gasteiger partial charge in [0.05, 0.1) is 23.4 Å². The van der Waals surface area contributed by atoms with Crippen molar-refractivity contribution in [3.8, 4) is 22.8 Å². The smallest absolute Gasteiger partial charge is 0.231 e. The number of benzene rings is 1. The zero-order chi connectivity index (χ0) is 19.1. The van der Waals surface area contributed by atoms with Crippen molar-refractivity contribution in [2.24, 2.45) is 0 Å². The van der Waals surface area contributed by atoms with Crippen LogP contribution in [0.3, 0.4) is 0 Å². The minimum Gasteiger partial charge on any atom is -0.454 e. The summed E-state index contributed by atoms with van der Waals surface area (Å²) >= 11 is 0. The molecule has 4 heterocycles. The van der Waals surface area contributed by atoms with Gasteiger partial charge < -0.3 is 9.47 Å². The van der Waals surface area contributed by atoms with Gasteiger partial charge in [-0.25, -0.2) is 8.42 Å². The van der Waals surface area contributed by atoms with Crippen LogP contribution in [0, 0.1) is 0 Å². The van der Waals surface area contributed by atoms with E-state index in [0.717, 1.165) is 67.5 Å². The Kier molecular flexibility index (Phi) is 4.53. The lowest BCUT2D eigenvalue weighted by molar-refractivity contribution is 0.100. The summed E-state index contributed by atoms with van der Waals surface area (Å²) in [7, 11) is -2.83. The molecule has 2 saturated heterocycles. The Balaban J connectivity index is 1.23. The zero-order valence-corrected chi connectivity index (χ0v) is 16.5. The average molecular weight is 404 g/mol. The van der Waals surface area contributed by atoms with Gasteiger partial charge in [0.25, 0.3) is 0 Å². The quantitative estimate of drug-likeness (QED) is 0.817. The first-order valence-electron chi connectivity index (χ1n) is 9.66. The highest BCUT2D eigenvalue weighted by Gasteiger charge is 2.33.